The highest BCUT2D eigenvalue weighted by molar-refractivity contribution is 6.06. The lowest BCUT2D eigenvalue weighted by molar-refractivity contribution is -0.384. The molecule has 2 N–H and O–H groups in total. The Morgan fingerprint density at radius 2 is 1.85 bits per heavy atom. The van der Waals surface area contributed by atoms with Crippen molar-refractivity contribution in [2.45, 2.75) is 0 Å². The van der Waals surface area contributed by atoms with Gasteiger partial charge in [-0.05, 0) is 35.0 Å². The molecule has 7 nitrogen and oxygen atoms in total. The maximum Gasteiger partial charge on any atom is 0.293 e. The molecular weight excluding hydrogens is 346 g/mol. The molecule has 27 heavy (non-hydrogen) atoms. The van der Waals surface area contributed by atoms with Crippen LogP contribution < -0.4 is 10.6 Å². The number of hydrogen-bond donors (Lipinski definition) is 2. The van der Waals surface area contributed by atoms with E-state index in [1.54, 1.807) is 19.2 Å². The number of anilines is 2. The van der Waals surface area contributed by atoms with Crippen molar-refractivity contribution in [3.8, 4) is 0 Å². The minimum Gasteiger partial charge on any atom is -0.383 e. The number of benzene rings is 3. The van der Waals surface area contributed by atoms with E-state index in [0.717, 1.165) is 10.8 Å². The van der Waals surface area contributed by atoms with E-state index in [2.05, 4.69) is 10.6 Å². The molecule has 0 aromatic heterocycles. The van der Waals surface area contributed by atoms with Gasteiger partial charge in [0.15, 0.2) is 0 Å². The molecule has 0 radical (unpaired) electrons. The first-order valence-corrected chi connectivity index (χ1v) is 8.40. The molecule has 3 rings (SSSR count). The van der Waals surface area contributed by atoms with Gasteiger partial charge in [0.25, 0.3) is 11.6 Å². The van der Waals surface area contributed by atoms with Crippen LogP contribution in [0.1, 0.15) is 10.4 Å². The molecule has 0 saturated heterocycles. The predicted molar refractivity (Wildman–Crippen MR) is 105 cm³/mol. The average Bonchev–Trinajstić information content (AvgIpc) is 2.68. The number of amides is 1. The molecule has 0 aliphatic carbocycles. The summed E-state index contributed by atoms with van der Waals surface area (Å²) < 4.78 is 4.93. The van der Waals surface area contributed by atoms with Crippen LogP contribution in [0, 0.1) is 10.1 Å². The summed E-state index contributed by atoms with van der Waals surface area (Å²) in [5.74, 6) is -0.406. The Balaban J connectivity index is 1.80. The largest absolute Gasteiger partial charge is 0.383 e. The Kier molecular flexibility index (Phi) is 5.63. The highest BCUT2D eigenvalue weighted by Crippen LogP contribution is 2.26. The number of nitrogens with zero attached hydrogens (tertiary/aromatic N) is 1. The number of fused-ring (bicyclic) bond motifs is 1. The molecule has 0 aliphatic heterocycles. The first-order valence-electron chi connectivity index (χ1n) is 8.40. The van der Waals surface area contributed by atoms with Gasteiger partial charge in [0.2, 0.25) is 0 Å². The third-order valence-electron chi connectivity index (χ3n) is 4.09. The zero-order chi connectivity index (χ0) is 19.2. The van der Waals surface area contributed by atoms with Crippen LogP contribution in [-0.2, 0) is 4.74 Å². The van der Waals surface area contributed by atoms with Crippen LogP contribution in [0.3, 0.4) is 0 Å². The third-order valence-corrected chi connectivity index (χ3v) is 4.09. The van der Waals surface area contributed by atoms with Crippen molar-refractivity contribution in [3.05, 3.63) is 76.3 Å². The van der Waals surface area contributed by atoms with Crippen LogP contribution >= 0.6 is 0 Å². The van der Waals surface area contributed by atoms with Crippen LogP contribution in [0.4, 0.5) is 17.1 Å². The van der Waals surface area contributed by atoms with Gasteiger partial charge >= 0.3 is 0 Å². The lowest BCUT2D eigenvalue weighted by Gasteiger charge is -2.09. The number of nitrogens with one attached hydrogen (secondary N) is 2. The normalized spacial score (nSPS) is 10.6. The Labute approximate surface area is 156 Å². The van der Waals surface area contributed by atoms with Gasteiger partial charge in [-0.25, -0.2) is 0 Å². The zero-order valence-corrected chi connectivity index (χ0v) is 14.8. The van der Waals surface area contributed by atoms with Gasteiger partial charge in [0, 0.05) is 31.0 Å². The van der Waals surface area contributed by atoms with E-state index in [0.29, 0.717) is 24.5 Å². The van der Waals surface area contributed by atoms with E-state index in [1.807, 2.05) is 36.4 Å². The third kappa shape index (κ3) is 4.39. The Hall–Kier alpha value is -3.45. The molecular formula is C20H19N3O4. The van der Waals surface area contributed by atoms with Gasteiger partial charge in [-0.2, -0.15) is 0 Å². The second-order valence-corrected chi connectivity index (χ2v) is 5.92. The van der Waals surface area contributed by atoms with E-state index in [-0.39, 0.29) is 11.3 Å². The Morgan fingerprint density at radius 3 is 2.59 bits per heavy atom. The molecule has 0 unspecified atom stereocenters. The summed E-state index contributed by atoms with van der Waals surface area (Å²) in [6, 6.07) is 17.7. The first-order chi connectivity index (χ1) is 13.1. The van der Waals surface area contributed by atoms with Crippen molar-refractivity contribution >= 4 is 33.7 Å². The summed E-state index contributed by atoms with van der Waals surface area (Å²) in [5.41, 5.74) is 1.03. The summed E-state index contributed by atoms with van der Waals surface area (Å²) >= 11 is 0. The fourth-order valence-corrected chi connectivity index (χ4v) is 2.73. The number of carbonyl (C=O) groups is 1. The smallest absolute Gasteiger partial charge is 0.293 e. The minimum atomic E-state index is -0.512. The molecule has 1 amide bonds. The van der Waals surface area contributed by atoms with Crippen molar-refractivity contribution in [2.24, 2.45) is 0 Å². The summed E-state index contributed by atoms with van der Waals surface area (Å²) in [6.45, 7) is 0.849. The number of methoxy groups -OCH3 is 1. The van der Waals surface area contributed by atoms with E-state index in [4.69, 9.17) is 4.74 Å². The van der Waals surface area contributed by atoms with Crippen molar-refractivity contribution in [3.63, 3.8) is 0 Å². The predicted octanol–water partition coefficient (Wildman–Crippen LogP) is 4.06. The fourth-order valence-electron chi connectivity index (χ4n) is 2.73. The van der Waals surface area contributed by atoms with Crippen LogP contribution in [-0.4, -0.2) is 31.1 Å². The summed E-state index contributed by atoms with van der Waals surface area (Å²) in [6.07, 6.45) is 0. The molecule has 0 atom stereocenters. The SMILES string of the molecule is COCCNc1ccc(C(=O)Nc2ccc3ccccc3c2)cc1[N+](=O)[O-]. The van der Waals surface area contributed by atoms with E-state index < -0.39 is 10.8 Å². The molecule has 0 heterocycles. The van der Waals surface area contributed by atoms with Crippen molar-refractivity contribution < 1.29 is 14.5 Å². The topological polar surface area (TPSA) is 93.5 Å². The first kappa shape index (κ1) is 18.3. The molecule has 7 heteroatoms. The highest BCUT2D eigenvalue weighted by Gasteiger charge is 2.17. The van der Waals surface area contributed by atoms with E-state index in [9.17, 15) is 14.9 Å². The molecule has 0 saturated carbocycles. The van der Waals surface area contributed by atoms with Crippen LogP contribution in [0.2, 0.25) is 0 Å². The molecule has 0 spiro atoms. The molecule has 3 aromatic carbocycles. The van der Waals surface area contributed by atoms with Crippen LogP contribution in [0.25, 0.3) is 10.8 Å². The summed E-state index contributed by atoms with van der Waals surface area (Å²) in [5, 5.41) is 19.1. The van der Waals surface area contributed by atoms with E-state index in [1.165, 1.54) is 12.1 Å². The number of carbonyl (C=O) groups excluding carboxylic acids is 1. The molecule has 138 valence electrons. The number of nitro benzene ring substituents is 1. The number of ether oxygens (including phenoxy) is 1. The average molecular weight is 365 g/mol. The maximum atomic E-state index is 12.5. The van der Waals surface area contributed by atoms with Gasteiger partial charge < -0.3 is 15.4 Å². The molecule has 0 fully saturated rings. The standard InChI is InChI=1S/C20H19N3O4/c1-27-11-10-21-18-9-7-16(13-19(18)23(25)26)20(24)22-17-8-6-14-4-2-3-5-15(14)12-17/h2-9,12-13,21H,10-11H2,1H3,(H,22,24). The number of hydrogen-bond acceptors (Lipinski definition) is 5. The zero-order valence-electron chi connectivity index (χ0n) is 14.8. The van der Waals surface area contributed by atoms with Crippen LogP contribution in [0.5, 0.6) is 0 Å². The Morgan fingerprint density at radius 1 is 1.07 bits per heavy atom. The van der Waals surface area contributed by atoms with Gasteiger partial charge in [-0.15, -0.1) is 0 Å². The van der Waals surface area contributed by atoms with Crippen molar-refractivity contribution in [2.75, 3.05) is 30.9 Å². The Bertz CT molecular complexity index is 988. The van der Waals surface area contributed by atoms with Gasteiger partial charge in [0.05, 0.1) is 11.5 Å². The lowest BCUT2D eigenvalue weighted by Crippen LogP contribution is -2.13. The fraction of sp³-hybridized carbons (Fsp3) is 0.150. The summed E-state index contributed by atoms with van der Waals surface area (Å²) in [7, 11) is 1.55. The maximum absolute atomic E-state index is 12.5. The van der Waals surface area contributed by atoms with E-state index >= 15 is 0 Å². The van der Waals surface area contributed by atoms with Gasteiger partial charge in [-0.1, -0.05) is 30.3 Å². The van der Waals surface area contributed by atoms with Gasteiger partial charge in [0.1, 0.15) is 5.69 Å². The van der Waals surface area contributed by atoms with Crippen LogP contribution in [0.15, 0.2) is 60.7 Å². The second kappa shape index (κ2) is 8.29. The number of rotatable bonds is 7. The molecule has 0 aliphatic rings. The van der Waals surface area contributed by atoms with Crippen molar-refractivity contribution in [1.82, 2.24) is 0 Å². The lowest BCUT2D eigenvalue weighted by atomic mass is 10.1. The molecule has 3 aromatic rings. The second-order valence-electron chi connectivity index (χ2n) is 5.92. The monoisotopic (exact) mass is 365 g/mol. The van der Waals surface area contributed by atoms with Crippen molar-refractivity contribution in [1.29, 1.82) is 0 Å². The quantitative estimate of drug-likeness (QED) is 0.374. The highest BCUT2D eigenvalue weighted by atomic mass is 16.6. The van der Waals surface area contributed by atoms with Gasteiger partial charge in [-0.3, -0.25) is 14.9 Å². The summed E-state index contributed by atoms with van der Waals surface area (Å²) in [4.78, 5) is 23.3. The number of nitro groups is 1. The minimum absolute atomic E-state index is 0.155. The molecule has 0 bridgehead atoms.